The molecule has 1 heterocycles. The minimum atomic E-state index is -1.28. The van der Waals surface area contributed by atoms with Crippen LogP contribution in [0.5, 0.6) is 0 Å². The zero-order valence-electron chi connectivity index (χ0n) is 9.93. The summed E-state index contributed by atoms with van der Waals surface area (Å²) < 4.78 is 0. The lowest BCUT2D eigenvalue weighted by Gasteiger charge is -2.19. The number of carbonyl (C=O) groups is 1. The molecule has 17 heavy (non-hydrogen) atoms. The highest BCUT2D eigenvalue weighted by atomic mass is 32.1. The topological polar surface area (TPSA) is 69.6 Å². The second-order valence-corrected chi connectivity index (χ2v) is 5.12. The van der Waals surface area contributed by atoms with Gasteiger partial charge in [-0.25, -0.2) is 0 Å². The van der Waals surface area contributed by atoms with Crippen molar-refractivity contribution in [2.75, 3.05) is 13.2 Å². The molecule has 1 aromatic heterocycles. The molecule has 0 aliphatic carbocycles. The maximum Gasteiger partial charge on any atom is 0.244 e. The van der Waals surface area contributed by atoms with Crippen LogP contribution in [0, 0.1) is 6.92 Å². The average Bonchev–Trinajstić information content (AvgIpc) is 2.70. The average molecular weight is 255 g/mol. The van der Waals surface area contributed by atoms with Crippen LogP contribution in [0.15, 0.2) is 17.5 Å². The maximum atomic E-state index is 11.4. The van der Waals surface area contributed by atoms with E-state index in [4.69, 9.17) is 5.11 Å². The minimum Gasteiger partial charge on any atom is -0.393 e. The summed E-state index contributed by atoms with van der Waals surface area (Å²) in [5.74, 6) is -0.286. The Morgan fingerprint density at radius 2 is 2.35 bits per heavy atom. The fourth-order valence-electron chi connectivity index (χ4n) is 1.10. The summed E-state index contributed by atoms with van der Waals surface area (Å²) in [6.45, 7) is 3.07. The predicted molar refractivity (Wildman–Crippen MR) is 68.8 cm³/mol. The molecule has 0 aromatic carbocycles. The van der Waals surface area contributed by atoms with Crippen molar-refractivity contribution in [1.82, 2.24) is 5.32 Å². The van der Waals surface area contributed by atoms with Crippen molar-refractivity contribution in [2.24, 2.45) is 0 Å². The predicted octanol–water partition coefficient (Wildman–Crippen LogP) is 0.929. The first-order valence-electron chi connectivity index (χ1n) is 5.28. The smallest absolute Gasteiger partial charge is 0.244 e. The van der Waals surface area contributed by atoms with E-state index in [0.717, 1.165) is 10.4 Å². The van der Waals surface area contributed by atoms with E-state index >= 15 is 0 Å². The first kappa shape index (κ1) is 13.9. The van der Waals surface area contributed by atoms with Crippen LogP contribution in [0.25, 0.3) is 6.08 Å². The number of aryl methyl sites for hydroxylation is 1. The third-order valence-corrected chi connectivity index (χ3v) is 3.26. The SMILES string of the molecule is Cc1ccsc1C=CC(=O)NCC(C)(O)CO. The van der Waals surface area contributed by atoms with Gasteiger partial charge in [-0.1, -0.05) is 0 Å². The van der Waals surface area contributed by atoms with Gasteiger partial charge in [0.1, 0.15) is 5.60 Å². The second-order valence-electron chi connectivity index (χ2n) is 4.17. The number of nitrogens with one attached hydrogen (secondary N) is 1. The lowest BCUT2D eigenvalue weighted by Crippen LogP contribution is -2.42. The molecule has 1 amide bonds. The van der Waals surface area contributed by atoms with Crippen molar-refractivity contribution in [3.8, 4) is 0 Å². The first-order chi connectivity index (χ1) is 7.94. The fourth-order valence-corrected chi connectivity index (χ4v) is 1.92. The van der Waals surface area contributed by atoms with Gasteiger partial charge in [-0.05, 0) is 36.9 Å². The molecule has 1 rings (SSSR count). The zero-order chi connectivity index (χ0) is 12.9. The van der Waals surface area contributed by atoms with Crippen LogP contribution in [-0.2, 0) is 4.79 Å². The molecule has 5 heteroatoms. The highest BCUT2D eigenvalue weighted by Gasteiger charge is 2.18. The number of rotatable bonds is 5. The molecule has 1 aromatic rings. The van der Waals surface area contributed by atoms with Crippen LogP contribution >= 0.6 is 11.3 Å². The van der Waals surface area contributed by atoms with Gasteiger partial charge in [0, 0.05) is 17.5 Å². The largest absolute Gasteiger partial charge is 0.393 e. The standard InChI is InChI=1S/C12H17NO3S/c1-9-5-6-17-10(9)3-4-11(15)13-7-12(2,16)8-14/h3-6,14,16H,7-8H2,1-2H3,(H,13,15). The quantitative estimate of drug-likeness (QED) is 0.686. The van der Waals surface area contributed by atoms with Gasteiger partial charge in [-0.3, -0.25) is 4.79 Å². The van der Waals surface area contributed by atoms with Crippen LogP contribution in [0.4, 0.5) is 0 Å². The first-order valence-corrected chi connectivity index (χ1v) is 6.16. The van der Waals surface area contributed by atoms with Crippen molar-refractivity contribution in [3.05, 3.63) is 28.0 Å². The van der Waals surface area contributed by atoms with Crippen molar-refractivity contribution in [2.45, 2.75) is 19.4 Å². The molecule has 1 atom stereocenters. The molecule has 0 aliphatic heterocycles. The summed E-state index contributed by atoms with van der Waals surface area (Å²) in [6, 6.07) is 1.98. The monoisotopic (exact) mass is 255 g/mol. The van der Waals surface area contributed by atoms with Crippen molar-refractivity contribution < 1.29 is 15.0 Å². The molecule has 0 aliphatic rings. The van der Waals surface area contributed by atoms with E-state index in [-0.39, 0.29) is 19.1 Å². The number of hydrogen-bond acceptors (Lipinski definition) is 4. The van der Waals surface area contributed by atoms with Crippen molar-refractivity contribution in [1.29, 1.82) is 0 Å². The molecule has 0 saturated heterocycles. The summed E-state index contributed by atoms with van der Waals surface area (Å²) in [7, 11) is 0. The Labute approximate surface area is 105 Å². The molecule has 3 N–H and O–H groups in total. The normalized spacial score (nSPS) is 14.8. The molecule has 4 nitrogen and oxygen atoms in total. The van der Waals surface area contributed by atoms with E-state index in [1.165, 1.54) is 13.0 Å². The van der Waals surface area contributed by atoms with Gasteiger partial charge in [0.05, 0.1) is 6.61 Å². The Hall–Kier alpha value is -1.17. The number of aliphatic hydroxyl groups is 2. The van der Waals surface area contributed by atoms with Crippen LogP contribution < -0.4 is 5.32 Å². The molecule has 0 saturated carbocycles. The molecular formula is C12H17NO3S. The van der Waals surface area contributed by atoms with Crippen LogP contribution in [0.3, 0.4) is 0 Å². The number of amides is 1. The van der Waals surface area contributed by atoms with Gasteiger partial charge in [0.25, 0.3) is 0 Å². The summed E-state index contributed by atoms with van der Waals surface area (Å²) in [5.41, 5.74) is -0.149. The number of hydrogen-bond donors (Lipinski definition) is 3. The zero-order valence-corrected chi connectivity index (χ0v) is 10.8. The Balaban J connectivity index is 2.46. The minimum absolute atomic E-state index is 0.0239. The van der Waals surface area contributed by atoms with E-state index in [1.54, 1.807) is 17.4 Å². The molecule has 1 unspecified atom stereocenters. The van der Waals surface area contributed by atoms with Gasteiger partial charge in [0.2, 0.25) is 5.91 Å². The highest BCUT2D eigenvalue weighted by molar-refractivity contribution is 7.11. The Morgan fingerprint density at radius 3 is 2.88 bits per heavy atom. The summed E-state index contributed by atoms with van der Waals surface area (Å²) >= 11 is 1.56. The second kappa shape index (κ2) is 5.95. The Morgan fingerprint density at radius 1 is 1.65 bits per heavy atom. The molecule has 0 bridgehead atoms. The Bertz CT molecular complexity index is 410. The number of aliphatic hydroxyl groups excluding tert-OH is 1. The third-order valence-electron chi connectivity index (χ3n) is 2.27. The van der Waals surface area contributed by atoms with Gasteiger partial charge in [-0.15, -0.1) is 11.3 Å². The van der Waals surface area contributed by atoms with Gasteiger partial charge >= 0.3 is 0 Å². The van der Waals surface area contributed by atoms with Crippen LogP contribution in [0.2, 0.25) is 0 Å². The summed E-state index contributed by atoms with van der Waals surface area (Å²) in [6.07, 6.45) is 3.16. The number of carbonyl (C=O) groups excluding carboxylic acids is 1. The van der Waals surface area contributed by atoms with E-state index in [2.05, 4.69) is 5.32 Å². The Kier molecular flexibility index (Phi) is 4.86. The maximum absolute atomic E-state index is 11.4. The fraction of sp³-hybridized carbons (Fsp3) is 0.417. The van der Waals surface area contributed by atoms with E-state index < -0.39 is 5.60 Å². The van der Waals surface area contributed by atoms with Gasteiger partial charge in [0.15, 0.2) is 0 Å². The van der Waals surface area contributed by atoms with Crippen LogP contribution in [-0.4, -0.2) is 34.9 Å². The van der Waals surface area contributed by atoms with E-state index in [0.29, 0.717) is 0 Å². The molecule has 0 radical (unpaired) electrons. The van der Waals surface area contributed by atoms with Crippen molar-refractivity contribution in [3.63, 3.8) is 0 Å². The van der Waals surface area contributed by atoms with E-state index in [9.17, 15) is 9.90 Å². The summed E-state index contributed by atoms with van der Waals surface area (Å²) in [4.78, 5) is 12.5. The summed E-state index contributed by atoms with van der Waals surface area (Å²) in [5, 5.41) is 22.8. The molecular weight excluding hydrogens is 238 g/mol. The number of thiophene rings is 1. The van der Waals surface area contributed by atoms with Gasteiger partial charge in [-0.2, -0.15) is 0 Å². The van der Waals surface area contributed by atoms with Gasteiger partial charge < -0.3 is 15.5 Å². The van der Waals surface area contributed by atoms with Crippen LogP contribution in [0.1, 0.15) is 17.4 Å². The molecule has 94 valence electrons. The van der Waals surface area contributed by atoms with Crippen molar-refractivity contribution >= 4 is 23.3 Å². The molecule has 0 spiro atoms. The third kappa shape index (κ3) is 4.68. The lowest BCUT2D eigenvalue weighted by atomic mass is 10.1. The lowest BCUT2D eigenvalue weighted by molar-refractivity contribution is -0.117. The highest BCUT2D eigenvalue weighted by Crippen LogP contribution is 2.16. The van der Waals surface area contributed by atoms with E-state index in [1.807, 2.05) is 18.4 Å². The molecule has 0 fully saturated rings.